The monoisotopic (exact) mass is 327 g/mol. The summed E-state index contributed by atoms with van der Waals surface area (Å²) in [6.45, 7) is 2.55. The molecule has 0 bridgehead atoms. The van der Waals surface area contributed by atoms with Gasteiger partial charge >= 0.3 is 0 Å². The number of benzene rings is 1. The van der Waals surface area contributed by atoms with Crippen molar-refractivity contribution in [1.82, 2.24) is 24.8 Å². The number of aromatic amines is 1. The summed E-state index contributed by atoms with van der Waals surface area (Å²) in [7, 11) is 0. The normalized spacial score (nSPS) is 17.3. The zero-order chi connectivity index (χ0) is 16.0. The Morgan fingerprint density at radius 2 is 2.17 bits per heavy atom. The topological polar surface area (TPSA) is 74.8 Å². The van der Waals surface area contributed by atoms with E-state index in [1.54, 1.807) is 23.4 Å². The van der Waals surface area contributed by atoms with Crippen LogP contribution in [0.5, 0.6) is 0 Å². The van der Waals surface area contributed by atoms with E-state index in [1.165, 1.54) is 0 Å². The molecule has 1 aromatic carbocycles. The number of rotatable bonds is 1. The van der Waals surface area contributed by atoms with Crippen molar-refractivity contribution in [2.45, 2.75) is 19.4 Å². The summed E-state index contributed by atoms with van der Waals surface area (Å²) < 4.78 is 0. The number of nitrogens with one attached hydrogen (secondary N) is 1. The van der Waals surface area contributed by atoms with E-state index in [4.69, 9.17) is 11.6 Å². The Kier molecular flexibility index (Phi) is 3.27. The minimum Gasteiger partial charge on any atom is -0.334 e. The van der Waals surface area contributed by atoms with Crippen molar-refractivity contribution < 1.29 is 4.79 Å². The van der Waals surface area contributed by atoms with Gasteiger partial charge < -0.3 is 9.88 Å². The Balaban J connectivity index is 1.70. The number of fused-ring (bicyclic) bond motifs is 2. The van der Waals surface area contributed by atoms with Crippen molar-refractivity contribution in [3.63, 3.8) is 0 Å². The number of halogens is 1. The van der Waals surface area contributed by atoms with Crippen LogP contribution in [0, 0.1) is 0 Å². The van der Waals surface area contributed by atoms with Crippen LogP contribution < -0.4 is 0 Å². The Morgan fingerprint density at radius 3 is 3.00 bits per heavy atom. The van der Waals surface area contributed by atoms with E-state index >= 15 is 0 Å². The fraction of sp³-hybridized carbons (Fsp3) is 0.250. The van der Waals surface area contributed by atoms with Gasteiger partial charge in [-0.1, -0.05) is 17.7 Å². The number of carbonyl (C=O) groups is 1. The molecule has 3 aromatic rings. The molecule has 2 aromatic heterocycles. The van der Waals surface area contributed by atoms with Crippen LogP contribution in [-0.4, -0.2) is 37.3 Å². The molecular formula is C16H14ClN5O. The first-order valence-electron chi connectivity index (χ1n) is 7.40. The highest BCUT2D eigenvalue weighted by Crippen LogP contribution is 2.28. The van der Waals surface area contributed by atoms with E-state index in [9.17, 15) is 4.79 Å². The fourth-order valence-electron chi connectivity index (χ4n) is 3.00. The molecule has 116 valence electrons. The maximum Gasteiger partial charge on any atom is 0.290 e. The molecule has 0 aliphatic carbocycles. The van der Waals surface area contributed by atoms with E-state index in [2.05, 4.69) is 19.9 Å². The van der Waals surface area contributed by atoms with E-state index in [-0.39, 0.29) is 11.9 Å². The molecule has 4 rings (SSSR count). The predicted octanol–water partition coefficient (Wildman–Crippen LogP) is 2.77. The molecule has 0 radical (unpaired) electrons. The van der Waals surface area contributed by atoms with Crippen LogP contribution in [0.2, 0.25) is 5.02 Å². The molecule has 7 heteroatoms. The molecule has 23 heavy (non-hydrogen) atoms. The Morgan fingerprint density at radius 1 is 1.35 bits per heavy atom. The molecule has 1 aliphatic heterocycles. The van der Waals surface area contributed by atoms with Crippen LogP contribution in [0.3, 0.4) is 0 Å². The first kappa shape index (κ1) is 14.1. The number of nitrogens with zero attached hydrogens (tertiary/aromatic N) is 4. The summed E-state index contributed by atoms with van der Waals surface area (Å²) in [6, 6.07) is 5.30. The molecule has 0 saturated carbocycles. The van der Waals surface area contributed by atoms with Crippen LogP contribution in [0.15, 0.2) is 30.6 Å². The molecule has 6 nitrogen and oxygen atoms in total. The Hall–Kier alpha value is -2.47. The minimum absolute atomic E-state index is 0.136. The summed E-state index contributed by atoms with van der Waals surface area (Å²) in [6.07, 6.45) is 4.04. The molecule has 0 fully saturated rings. The van der Waals surface area contributed by atoms with Crippen LogP contribution in [0.1, 0.15) is 35.0 Å². The number of H-pyrrole nitrogens is 1. The van der Waals surface area contributed by atoms with Gasteiger partial charge in [0.25, 0.3) is 5.91 Å². The summed E-state index contributed by atoms with van der Waals surface area (Å²) in [4.78, 5) is 30.7. The van der Waals surface area contributed by atoms with Gasteiger partial charge in [-0.2, -0.15) is 0 Å². The number of para-hydroxylation sites is 1. The second-order valence-corrected chi connectivity index (χ2v) is 5.94. The van der Waals surface area contributed by atoms with Gasteiger partial charge in [-0.3, -0.25) is 14.8 Å². The van der Waals surface area contributed by atoms with Gasteiger partial charge in [0.15, 0.2) is 5.82 Å². The number of hydrogen-bond donors (Lipinski definition) is 1. The van der Waals surface area contributed by atoms with Crippen molar-refractivity contribution in [2.75, 3.05) is 6.54 Å². The van der Waals surface area contributed by atoms with Gasteiger partial charge in [0.1, 0.15) is 5.52 Å². The van der Waals surface area contributed by atoms with E-state index in [1.807, 2.05) is 19.1 Å². The average molecular weight is 328 g/mol. The van der Waals surface area contributed by atoms with Crippen molar-refractivity contribution in [3.8, 4) is 0 Å². The molecular weight excluding hydrogens is 314 g/mol. The lowest BCUT2D eigenvalue weighted by molar-refractivity contribution is 0.0660. The SMILES string of the molecule is C[C@@H]1c2nccnc2CCN1C(=O)c1nc2c(Cl)cccc2[nH]1. The molecule has 3 heterocycles. The van der Waals surface area contributed by atoms with Crippen LogP contribution in [0.4, 0.5) is 0 Å². The molecule has 1 N–H and O–H groups in total. The van der Waals surface area contributed by atoms with Crippen molar-refractivity contribution in [2.24, 2.45) is 0 Å². The standard InChI is InChI=1S/C16H14ClN5O/c1-9-13-11(18-6-7-19-13)5-8-22(9)16(23)15-20-12-4-2-3-10(17)14(12)21-15/h2-4,6-7,9H,5,8H2,1H3,(H,20,21)/t9-/m1/s1. The largest absolute Gasteiger partial charge is 0.334 e. The zero-order valence-electron chi connectivity index (χ0n) is 12.5. The van der Waals surface area contributed by atoms with Crippen LogP contribution in [0.25, 0.3) is 11.0 Å². The third kappa shape index (κ3) is 2.26. The second kappa shape index (κ2) is 5.31. The van der Waals surface area contributed by atoms with Gasteiger partial charge in [0, 0.05) is 25.4 Å². The zero-order valence-corrected chi connectivity index (χ0v) is 13.2. The number of hydrogen-bond acceptors (Lipinski definition) is 4. The van der Waals surface area contributed by atoms with Crippen molar-refractivity contribution in [3.05, 3.63) is 52.8 Å². The Bertz CT molecular complexity index is 906. The van der Waals surface area contributed by atoms with E-state index in [0.717, 1.165) is 16.9 Å². The smallest absolute Gasteiger partial charge is 0.290 e. The van der Waals surface area contributed by atoms with Crippen molar-refractivity contribution in [1.29, 1.82) is 0 Å². The molecule has 0 unspecified atom stereocenters. The molecule has 1 amide bonds. The Labute approximate surface area is 137 Å². The van der Waals surface area contributed by atoms with Gasteiger partial charge in [-0.15, -0.1) is 0 Å². The second-order valence-electron chi connectivity index (χ2n) is 5.53. The first-order chi connectivity index (χ1) is 11.1. The summed E-state index contributed by atoms with van der Waals surface area (Å²) >= 11 is 6.13. The van der Waals surface area contributed by atoms with E-state index in [0.29, 0.717) is 29.3 Å². The fourth-order valence-corrected chi connectivity index (χ4v) is 3.22. The summed E-state index contributed by atoms with van der Waals surface area (Å²) in [5.74, 6) is 0.147. The minimum atomic E-state index is -0.152. The highest BCUT2D eigenvalue weighted by Gasteiger charge is 2.31. The highest BCUT2D eigenvalue weighted by atomic mass is 35.5. The van der Waals surface area contributed by atoms with Crippen LogP contribution >= 0.6 is 11.6 Å². The van der Waals surface area contributed by atoms with Gasteiger partial charge in [0.05, 0.1) is 28.0 Å². The van der Waals surface area contributed by atoms with Gasteiger partial charge in [-0.05, 0) is 19.1 Å². The van der Waals surface area contributed by atoms with Gasteiger partial charge in [-0.25, -0.2) is 4.98 Å². The predicted molar refractivity (Wildman–Crippen MR) is 86.3 cm³/mol. The lowest BCUT2D eigenvalue weighted by Gasteiger charge is -2.33. The van der Waals surface area contributed by atoms with Crippen molar-refractivity contribution >= 4 is 28.5 Å². The van der Waals surface area contributed by atoms with Crippen LogP contribution in [-0.2, 0) is 6.42 Å². The maximum absolute atomic E-state index is 12.8. The summed E-state index contributed by atoms with van der Waals surface area (Å²) in [5.41, 5.74) is 3.17. The third-order valence-electron chi connectivity index (χ3n) is 4.19. The van der Waals surface area contributed by atoms with Gasteiger partial charge in [0.2, 0.25) is 0 Å². The molecule has 1 aliphatic rings. The number of carbonyl (C=O) groups excluding carboxylic acids is 1. The first-order valence-corrected chi connectivity index (χ1v) is 7.78. The highest BCUT2D eigenvalue weighted by molar-refractivity contribution is 6.35. The number of aromatic nitrogens is 4. The lowest BCUT2D eigenvalue weighted by Crippen LogP contribution is -2.40. The molecule has 0 spiro atoms. The average Bonchev–Trinajstić information content (AvgIpc) is 3.01. The third-order valence-corrected chi connectivity index (χ3v) is 4.49. The number of amides is 1. The molecule has 1 atom stereocenters. The number of imidazole rings is 1. The van der Waals surface area contributed by atoms with E-state index < -0.39 is 0 Å². The lowest BCUT2D eigenvalue weighted by atomic mass is 10.0. The summed E-state index contributed by atoms with van der Waals surface area (Å²) in [5, 5.41) is 0.528. The molecule has 0 saturated heterocycles. The quantitative estimate of drug-likeness (QED) is 0.745. The maximum atomic E-state index is 12.8.